The lowest BCUT2D eigenvalue weighted by molar-refractivity contribution is -0.138. The number of alkyl halides is 12. The molecule has 460 valence electrons. The molecule has 0 radical (unpaired) electrons. The molecule has 0 saturated carbocycles. The smallest absolute Gasteiger partial charge is 0.309 e. The molecule has 4 nitrogen and oxygen atoms in total. The van der Waals surface area contributed by atoms with Gasteiger partial charge in [-0.2, -0.15) is 57.9 Å². The summed E-state index contributed by atoms with van der Waals surface area (Å²) < 4.78 is 178. The highest BCUT2D eigenvalue weighted by Crippen LogP contribution is 2.49. The first kappa shape index (κ1) is 61.0. The summed E-state index contributed by atoms with van der Waals surface area (Å²) in [4.78, 5) is 3.88. The molecule has 2 heterocycles. The number of aryl methyl sites for hydroxylation is 5. The van der Waals surface area contributed by atoms with Crippen LogP contribution in [-0.4, -0.2) is 9.13 Å². The molecule has 0 aliphatic carbocycles. The van der Waals surface area contributed by atoms with Crippen LogP contribution in [0.15, 0.2) is 200 Å². The van der Waals surface area contributed by atoms with Crippen LogP contribution in [0.5, 0.6) is 0 Å². The van der Waals surface area contributed by atoms with Gasteiger partial charge in [-0.15, -0.1) is 0 Å². The number of nitrogens with zero attached hydrogens (tertiary/aromatic N) is 4. The number of aromatic nitrogens is 2. The predicted octanol–water partition coefficient (Wildman–Crippen LogP) is 23.9. The van der Waals surface area contributed by atoms with Crippen LogP contribution in [0.3, 0.4) is 0 Å². The van der Waals surface area contributed by atoms with Crippen molar-refractivity contribution in [3.63, 3.8) is 0 Å². The molecule has 0 unspecified atom stereocenters. The minimum Gasteiger partial charge on any atom is -0.309 e. The number of hydrogen-bond acceptors (Lipinski definition) is 1. The maximum atomic E-state index is 15.0. The van der Waals surface area contributed by atoms with Crippen molar-refractivity contribution in [1.29, 1.82) is 5.26 Å². The molecule has 0 bridgehead atoms. The van der Waals surface area contributed by atoms with E-state index in [2.05, 4.69) is 10.9 Å². The van der Waals surface area contributed by atoms with Gasteiger partial charge >= 0.3 is 24.7 Å². The van der Waals surface area contributed by atoms with E-state index in [0.717, 1.165) is 47.5 Å². The maximum absolute atomic E-state index is 15.0. The molecular weight excluding hydrogens is 1210 g/mol. The molecule has 13 aromatic rings. The lowest BCUT2D eigenvalue weighted by Gasteiger charge is -2.21. The molecular formula is C77H48F12N4. The summed E-state index contributed by atoms with van der Waals surface area (Å²) in [5, 5.41) is 11.9. The first-order valence-electron chi connectivity index (χ1n) is 29.1. The van der Waals surface area contributed by atoms with Crippen LogP contribution in [0.4, 0.5) is 58.4 Å². The van der Waals surface area contributed by atoms with Gasteiger partial charge in [-0.1, -0.05) is 96.1 Å². The van der Waals surface area contributed by atoms with Gasteiger partial charge in [0, 0.05) is 27.1 Å². The van der Waals surface area contributed by atoms with Crippen LogP contribution < -0.4 is 0 Å². The Labute approximate surface area is 524 Å². The van der Waals surface area contributed by atoms with Gasteiger partial charge in [0.1, 0.15) is 0 Å². The molecule has 16 heteroatoms. The monoisotopic (exact) mass is 1260 g/mol. The van der Waals surface area contributed by atoms with E-state index in [1.54, 1.807) is 143 Å². The third-order valence-electron chi connectivity index (χ3n) is 17.4. The molecule has 0 atom stereocenters. The fraction of sp³-hybridized carbons (Fsp3) is 0.117. The zero-order valence-electron chi connectivity index (χ0n) is 49.9. The third-order valence-corrected chi connectivity index (χ3v) is 17.4. The number of hydrogen-bond donors (Lipinski definition) is 0. The molecule has 0 N–H and O–H groups in total. The van der Waals surface area contributed by atoms with E-state index < -0.39 is 47.0 Å². The van der Waals surface area contributed by atoms with E-state index in [0.29, 0.717) is 122 Å². The van der Waals surface area contributed by atoms with Crippen molar-refractivity contribution in [2.45, 2.75) is 59.3 Å². The van der Waals surface area contributed by atoms with Crippen LogP contribution in [0, 0.1) is 52.5 Å². The van der Waals surface area contributed by atoms with Crippen LogP contribution in [0.2, 0.25) is 0 Å². The van der Waals surface area contributed by atoms with E-state index in [1.807, 2.05) is 40.3 Å². The van der Waals surface area contributed by atoms with E-state index in [-0.39, 0.29) is 27.9 Å². The molecule has 0 aliphatic rings. The molecule has 0 amide bonds. The van der Waals surface area contributed by atoms with Crippen molar-refractivity contribution in [2.24, 2.45) is 0 Å². The van der Waals surface area contributed by atoms with Crippen molar-refractivity contribution >= 4 is 49.3 Å². The first-order chi connectivity index (χ1) is 44.1. The van der Waals surface area contributed by atoms with Gasteiger partial charge in [0.25, 0.3) is 0 Å². The van der Waals surface area contributed by atoms with Crippen LogP contribution in [-0.2, 0) is 24.7 Å². The highest BCUT2D eigenvalue weighted by Gasteiger charge is 2.37. The average Bonchev–Trinajstić information content (AvgIpc) is 1.60. The predicted molar refractivity (Wildman–Crippen MR) is 342 cm³/mol. The molecule has 0 aliphatic heterocycles. The summed E-state index contributed by atoms with van der Waals surface area (Å²) in [6, 6.07) is 53.8. The van der Waals surface area contributed by atoms with Gasteiger partial charge in [0.15, 0.2) is 5.69 Å². The summed E-state index contributed by atoms with van der Waals surface area (Å²) in [6.07, 6.45) is -18.7. The van der Waals surface area contributed by atoms with Gasteiger partial charge in [-0.05, 0) is 228 Å². The molecule has 93 heavy (non-hydrogen) atoms. The fourth-order valence-electron chi connectivity index (χ4n) is 13.0. The van der Waals surface area contributed by atoms with E-state index in [1.165, 1.54) is 24.3 Å². The second-order valence-electron chi connectivity index (χ2n) is 23.4. The summed E-state index contributed by atoms with van der Waals surface area (Å²) in [6.45, 7) is 16.5. The zero-order chi connectivity index (χ0) is 66.0. The lowest BCUT2D eigenvalue weighted by atomic mass is 9.93. The number of fused-ring (bicyclic) bond motifs is 6. The third kappa shape index (κ3) is 10.9. The standard InChI is InChI=1S/C77H48F12N4/c1-41-7-18-58(66(29-41)76(84,85)86)49-13-26-69-63(36-49)61-34-47(56-22-15-52(32-44(56)4)74(78,79)80)11-24-68(61)92(69)72-28-17-54(91-6)39-65(72)60-21-10-51(55-20-9-46(40-90)31-43(55)3)38-73(60)93-70-25-12-48(57-23-16-53(33-45(57)5)75(81,82)83)35-62(70)64-37-50(14-27-71(64)93)59-19-8-42(2)30-67(59)77(87,88)89/h7-39H,1-5H3. The number of halogens is 12. The average molecular weight is 1260 g/mol. The van der Waals surface area contributed by atoms with E-state index >= 15 is 13.2 Å². The molecule has 0 spiro atoms. The number of rotatable bonds is 8. The highest BCUT2D eigenvalue weighted by atomic mass is 19.4. The zero-order valence-corrected chi connectivity index (χ0v) is 49.9. The number of nitriles is 1. The molecule has 11 aromatic carbocycles. The van der Waals surface area contributed by atoms with Gasteiger partial charge in [0.05, 0.1) is 73.9 Å². The van der Waals surface area contributed by atoms with Crippen molar-refractivity contribution in [2.75, 3.05) is 0 Å². The van der Waals surface area contributed by atoms with Crippen LogP contribution >= 0.6 is 0 Å². The largest absolute Gasteiger partial charge is 0.417 e. The number of benzene rings is 11. The van der Waals surface area contributed by atoms with E-state index in [9.17, 15) is 44.8 Å². The van der Waals surface area contributed by atoms with Crippen molar-refractivity contribution in [3.05, 3.63) is 267 Å². The van der Waals surface area contributed by atoms with Gasteiger partial charge in [0.2, 0.25) is 0 Å². The molecule has 0 saturated heterocycles. The maximum Gasteiger partial charge on any atom is 0.417 e. The Morgan fingerprint density at radius 2 is 0.699 bits per heavy atom. The summed E-state index contributed by atoms with van der Waals surface area (Å²) in [5.74, 6) is 0. The molecule has 2 aromatic heterocycles. The summed E-state index contributed by atoms with van der Waals surface area (Å²) in [5.41, 5.74) is 7.01. The Hall–Kier alpha value is -10.8. The van der Waals surface area contributed by atoms with Gasteiger partial charge in [-0.25, -0.2) is 4.85 Å². The Balaban J connectivity index is 1.12. The Bertz CT molecular complexity index is 5370. The normalized spacial score (nSPS) is 12.3. The van der Waals surface area contributed by atoms with E-state index in [4.69, 9.17) is 6.57 Å². The Kier molecular flexibility index (Phi) is 14.6. The molecule has 13 rings (SSSR count). The second kappa shape index (κ2) is 22.2. The first-order valence-corrected chi connectivity index (χ1v) is 29.1. The van der Waals surface area contributed by atoms with Crippen molar-refractivity contribution in [1.82, 2.24) is 9.13 Å². The minimum atomic E-state index is -4.75. The van der Waals surface area contributed by atoms with Crippen LogP contribution in [0.1, 0.15) is 55.6 Å². The quantitative estimate of drug-likeness (QED) is 0.110. The highest BCUT2D eigenvalue weighted by molar-refractivity contribution is 6.14. The van der Waals surface area contributed by atoms with Crippen LogP contribution in [0.25, 0.3) is 127 Å². The topological polar surface area (TPSA) is 38.0 Å². The lowest BCUT2D eigenvalue weighted by Crippen LogP contribution is -2.07. The Morgan fingerprint density at radius 3 is 1.09 bits per heavy atom. The summed E-state index contributed by atoms with van der Waals surface area (Å²) in [7, 11) is 0. The van der Waals surface area contributed by atoms with Crippen molar-refractivity contribution < 1.29 is 52.7 Å². The summed E-state index contributed by atoms with van der Waals surface area (Å²) >= 11 is 0. The fourth-order valence-corrected chi connectivity index (χ4v) is 13.0. The van der Waals surface area contributed by atoms with Gasteiger partial charge < -0.3 is 9.13 Å². The van der Waals surface area contributed by atoms with Crippen molar-refractivity contribution in [3.8, 4) is 84.2 Å². The Morgan fingerprint density at radius 1 is 0.333 bits per heavy atom. The molecule has 0 fully saturated rings. The minimum absolute atomic E-state index is 0.0884. The second-order valence-corrected chi connectivity index (χ2v) is 23.4. The SMILES string of the molecule is [C-]#[N+]c1ccc(-n2c3ccc(-c4ccc(C(F)(F)F)cc4C)cc3c3cc(-c4ccc(C)cc4C(F)(F)F)ccc32)c(-c2ccc(-c3ccc(C#N)cc3C)cc2-n2c3ccc(-c4ccc(C(F)(F)F)cc4C)cc3c3cc(-c4ccc(C)cc4C(F)(F)F)ccc32)c1. The van der Waals surface area contributed by atoms with Gasteiger partial charge in [-0.3, -0.25) is 0 Å².